The third-order valence-electron chi connectivity index (χ3n) is 3.90. The summed E-state index contributed by atoms with van der Waals surface area (Å²) < 4.78 is 7.23. The lowest BCUT2D eigenvalue weighted by Gasteiger charge is -2.04. The van der Waals surface area contributed by atoms with Crippen molar-refractivity contribution >= 4 is 38.9 Å². The van der Waals surface area contributed by atoms with E-state index in [1.807, 2.05) is 48.5 Å². The van der Waals surface area contributed by atoms with Crippen molar-refractivity contribution in [2.75, 3.05) is 5.32 Å². The summed E-state index contributed by atoms with van der Waals surface area (Å²) in [6.07, 6.45) is 1.56. The number of fused-ring (bicyclic) bond motifs is 2. The molecule has 0 radical (unpaired) electrons. The van der Waals surface area contributed by atoms with Gasteiger partial charge in [-0.3, -0.25) is 4.79 Å². The second-order valence-electron chi connectivity index (χ2n) is 5.65. The first-order valence-electron chi connectivity index (χ1n) is 7.83. The van der Waals surface area contributed by atoms with Crippen LogP contribution in [0.1, 0.15) is 10.6 Å². The molecule has 0 saturated heterocycles. The summed E-state index contributed by atoms with van der Waals surface area (Å²) in [6.45, 7) is 0. The largest absolute Gasteiger partial charge is 0.451 e. The molecule has 8 heteroatoms. The molecule has 0 spiro atoms. The van der Waals surface area contributed by atoms with Crippen LogP contribution in [-0.2, 0) is 0 Å². The third kappa shape index (κ3) is 2.52. The Bertz CT molecular complexity index is 1190. The standard InChI is InChI=1S/C18H11N5O2S/c24-16(15-9-11-4-1-2-7-14(11)25-15)20-13-6-3-5-12(8-13)17-22-23-10-19-21-18(23)26-17/h1-10H,(H,20,24). The molecule has 1 amide bonds. The fourth-order valence-electron chi connectivity index (χ4n) is 2.69. The molecule has 5 rings (SSSR count). The number of nitrogens with zero attached hydrogens (tertiary/aromatic N) is 4. The van der Waals surface area contributed by atoms with Crippen LogP contribution in [-0.4, -0.2) is 25.7 Å². The van der Waals surface area contributed by atoms with E-state index in [9.17, 15) is 4.79 Å². The number of para-hydroxylation sites is 1. The van der Waals surface area contributed by atoms with Crippen molar-refractivity contribution in [3.05, 3.63) is 66.7 Å². The van der Waals surface area contributed by atoms with Crippen LogP contribution >= 0.6 is 11.3 Å². The lowest BCUT2D eigenvalue weighted by atomic mass is 10.2. The molecule has 0 saturated carbocycles. The van der Waals surface area contributed by atoms with Gasteiger partial charge in [-0.1, -0.05) is 41.7 Å². The monoisotopic (exact) mass is 361 g/mol. The Balaban J connectivity index is 1.43. The highest BCUT2D eigenvalue weighted by Gasteiger charge is 2.13. The minimum absolute atomic E-state index is 0.274. The number of anilines is 1. The van der Waals surface area contributed by atoms with Crippen molar-refractivity contribution < 1.29 is 9.21 Å². The van der Waals surface area contributed by atoms with E-state index >= 15 is 0 Å². The van der Waals surface area contributed by atoms with E-state index in [0.29, 0.717) is 11.3 Å². The van der Waals surface area contributed by atoms with Crippen LogP contribution in [0.4, 0.5) is 5.69 Å². The summed E-state index contributed by atoms with van der Waals surface area (Å²) in [6, 6.07) is 16.7. The van der Waals surface area contributed by atoms with Gasteiger partial charge >= 0.3 is 0 Å². The Morgan fingerprint density at radius 2 is 2.04 bits per heavy atom. The highest BCUT2D eigenvalue weighted by molar-refractivity contribution is 7.19. The van der Waals surface area contributed by atoms with Crippen molar-refractivity contribution in [1.29, 1.82) is 0 Å². The first-order valence-corrected chi connectivity index (χ1v) is 8.65. The van der Waals surface area contributed by atoms with Gasteiger partial charge in [-0.05, 0) is 24.3 Å². The number of hydrogen-bond acceptors (Lipinski definition) is 6. The van der Waals surface area contributed by atoms with Crippen molar-refractivity contribution in [3.63, 3.8) is 0 Å². The molecule has 2 aromatic carbocycles. The van der Waals surface area contributed by atoms with Gasteiger partial charge in [0, 0.05) is 16.6 Å². The van der Waals surface area contributed by atoms with Crippen LogP contribution in [0.5, 0.6) is 0 Å². The molecule has 0 atom stereocenters. The number of nitrogens with one attached hydrogen (secondary N) is 1. The minimum Gasteiger partial charge on any atom is -0.451 e. The van der Waals surface area contributed by atoms with Crippen LogP contribution in [0.15, 0.2) is 65.3 Å². The first-order chi connectivity index (χ1) is 12.8. The van der Waals surface area contributed by atoms with Gasteiger partial charge in [0.1, 0.15) is 16.9 Å². The van der Waals surface area contributed by atoms with Gasteiger partial charge in [-0.2, -0.15) is 9.61 Å². The zero-order chi connectivity index (χ0) is 17.5. The van der Waals surface area contributed by atoms with Gasteiger partial charge in [0.15, 0.2) is 5.76 Å². The number of hydrogen-bond donors (Lipinski definition) is 1. The van der Waals surface area contributed by atoms with Gasteiger partial charge < -0.3 is 9.73 Å². The summed E-state index contributed by atoms with van der Waals surface area (Å²) in [4.78, 5) is 13.2. The van der Waals surface area contributed by atoms with E-state index in [0.717, 1.165) is 20.9 Å². The number of benzene rings is 2. The second-order valence-corrected chi connectivity index (χ2v) is 6.60. The Morgan fingerprint density at radius 1 is 1.12 bits per heavy atom. The van der Waals surface area contributed by atoms with Gasteiger partial charge in [-0.25, -0.2) is 0 Å². The molecule has 0 bridgehead atoms. The predicted molar refractivity (Wildman–Crippen MR) is 98.3 cm³/mol. The topological polar surface area (TPSA) is 85.3 Å². The Kier molecular flexibility index (Phi) is 3.29. The van der Waals surface area contributed by atoms with E-state index in [-0.39, 0.29) is 11.7 Å². The fraction of sp³-hybridized carbons (Fsp3) is 0. The Labute approximate surface area is 150 Å². The Hall–Kier alpha value is -3.52. The average Bonchev–Trinajstić information content (AvgIpc) is 3.35. The number of amides is 1. The third-order valence-corrected chi connectivity index (χ3v) is 4.87. The molecule has 0 aliphatic carbocycles. The van der Waals surface area contributed by atoms with E-state index in [4.69, 9.17) is 4.42 Å². The van der Waals surface area contributed by atoms with Gasteiger partial charge in [0.05, 0.1) is 0 Å². The molecule has 126 valence electrons. The van der Waals surface area contributed by atoms with Crippen LogP contribution in [0, 0.1) is 0 Å². The van der Waals surface area contributed by atoms with Gasteiger partial charge in [-0.15, -0.1) is 10.2 Å². The molecule has 0 aliphatic heterocycles. The summed E-state index contributed by atoms with van der Waals surface area (Å²) in [7, 11) is 0. The first kappa shape index (κ1) is 14.8. The second kappa shape index (κ2) is 5.78. The molecule has 3 aromatic heterocycles. The lowest BCUT2D eigenvalue weighted by Crippen LogP contribution is -2.10. The molecule has 5 aromatic rings. The van der Waals surface area contributed by atoms with Crippen molar-refractivity contribution in [2.24, 2.45) is 0 Å². The van der Waals surface area contributed by atoms with Crippen LogP contribution in [0.3, 0.4) is 0 Å². The smallest absolute Gasteiger partial charge is 0.291 e. The highest BCUT2D eigenvalue weighted by atomic mass is 32.1. The average molecular weight is 361 g/mol. The lowest BCUT2D eigenvalue weighted by molar-refractivity contribution is 0.0998. The quantitative estimate of drug-likeness (QED) is 0.527. The van der Waals surface area contributed by atoms with Crippen LogP contribution in [0.2, 0.25) is 0 Å². The summed E-state index contributed by atoms with van der Waals surface area (Å²) in [5.41, 5.74) is 2.24. The van der Waals surface area contributed by atoms with Crippen LogP contribution < -0.4 is 5.32 Å². The normalized spacial score (nSPS) is 11.2. The number of rotatable bonds is 3. The molecule has 0 aliphatic rings. The Morgan fingerprint density at radius 3 is 2.92 bits per heavy atom. The SMILES string of the molecule is O=C(Nc1cccc(-c2nn3cnnc3s2)c1)c1cc2ccccc2o1. The summed E-state index contributed by atoms with van der Waals surface area (Å²) in [5.74, 6) is -0.0214. The summed E-state index contributed by atoms with van der Waals surface area (Å²) >= 11 is 1.43. The molecule has 26 heavy (non-hydrogen) atoms. The van der Waals surface area contributed by atoms with E-state index in [1.54, 1.807) is 16.9 Å². The van der Waals surface area contributed by atoms with Crippen molar-refractivity contribution in [1.82, 2.24) is 19.8 Å². The molecule has 0 unspecified atom stereocenters. The minimum atomic E-state index is -0.295. The maximum absolute atomic E-state index is 12.5. The van der Waals surface area contributed by atoms with Crippen molar-refractivity contribution in [3.8, 4) is 10.6 Å². The zero-order valence-corrected chi connectivity index (χ0v) is 14.1. The highest BCUT2D eigenvalue weighted by Crippen LogP contribution is 2.27. The molecular formula is C18H11N5O2S. The number of carbonyl (C=O) groups excluding carboxylic acids is 1. The fourth-order valence-corrected chi connectivity index (χ4v) is 3.51. The van der Waals surface area contributed by atoms with E-state index in [1.165, 1.54) is 11.3 Å². The number of carbonyl (C=O) groups is 1. The zero-order valence-electron chi connectivity index (χ0n) is 13.3. The molecule has 1 N–H and O–H groups in total. The summed E-state index contributed by atoms with van der Waals surface area (Å²) in [5, 5.41) is 16.8. The van der Waals surface area contributed by atoms with Crippen LogP contribution in [0.25, 0.3) is 26.5 Å². The maximum Gasteiger partial charge on any atom is 0.291 e. The molecular weight excluding hydrogens is 350 g/mol. The van der Waals surface area contributed by atoms with E-state index in [2.05, 4.69) is 20.6 Å². The molecule has 0 fully saturated rings. The maximum atomic E-state index is 12.5. The van der Waals surface area contributed by atoms with E-state index < -0.39 is 0 Å². The number of aromatic nitrogens is 4. The van der Waals surface area contributed by atoms with Gasteiger partial charge in [0.25, 0.3) is 5.91 Å². The predicted octanol–water partition coefficient (Wildman–Crippen LogP) is 3.85. The molecule has 7 nitrogen and oxygen atoms in total. The molecule has 3 heterocycles. The van der Waals surface area contributed by atoms with Gasteiger partial charge in [0.2, 0.25) is 4.96 Å². The van der Waals surface area contributed by atoms with Crippen molar-refractivity contribution in [2.45, 2.75) is 0 Å². The number of furan rings is 1.